The predicted octanol–water partition coefficient (Wildman–Crippen LogP) is 6.51. The number of methoxy groups -OCH3 is 1. The highest BCUT2D eigenvalue weighted by molar-refractivity contribution is 6.33. The summed E-state index contributed by atoms with van der Waals surface area (Å²) in [5, 5.41) is 16.1. The van der Waals surface area contributed by atoms with Crippen molar-refractivity contribution >= 4 is 23.6 Å². The van der Waals surface area contributed by atoms with Crippen LogP contribution < -0.4 is 5.32 Å². The fraction of sp³-hybridized carbons (Fsp3) is 0.429. The Hall–Kier alpha value is -3.39. The van der Waals surface area contributed by atoms with E-state index in [-0.39, 0.29) is 11.8 Å². The fourth-order valence-electron chi connectivity index (χ4n) is 6.16. The number of aryl methyl sites for hydroxylation is 1. The molecular formula is C35H44ClN3O4. The van der Waals surface area contributed by atoms with E-state index in [0.29, 0.717) is 43.1 Å². The van der Waals surface area contributed by atoms with Crippen molar-refractivity contribution in [2.24, 2.45) is 5.92 Å². The first kappa shape index (κ1) is 32.5. The molecule has 0 aliphatic carbocycles. The predicted molar refractivity (Wildman–Crippen MR) is 172 cm³/mol. The number of amides is 2. The number of likely N-dealkylation sites (tertiary alicyclic amines) is 1. The molecule has 4 rings (SSSR count). The van der Waals surface area contributed by atoms with E-state index in [9.17, 15) is 14.7 Å². The van der Waals surface area contributed by atoms with Crippen LogP contribution in [0.5, 0.6) is 0 Å². The Morgan fingerprint density at radius 1 is 1.09 bits per heavy atom. The molecule has 1 saturated heterocycles. The summed E-state index contributed by atoms with van der Waals surface area (Å²) in [5.41, 5.74) is 4.19. The molecule has 2 N–H and O–H groups in total. The van der Waals surface area contributed by atoms with Gasteiger partial charge in [0.1, 0.15) is 0 Å². The molecule has 0 saturated carbocycles. The maximum absolute atomic E-state index is 13.7. The van der Waals surface area contributed by atoms with E-state index >= 15 is 0 Å². The van der Waals surface area contributed by atoms with E-state index in [1.54, 1.807) is 0 Å². The standard InChI is InChI=1S/C35H44ClN3O4/c1-5-25-10-6-11-28(22-25)32-30(13-7-14-31(32)36)35(42,19-9-20-37-34(41)43-4)29-12-8-21-39(24-29)33(40)27-17-15-26(16-18-27)23-38(2)3/h6-7,10-11,13-18,22,29,42H,5,8-9,12,19-21,23-24H2,1-4H3,(H,37,41). The Morgan fingerprint density at radius 2 is 1.84 bits per heavy atom. The Kier molecular flexibility index (Phi) is 11.2. The van der Waals surface area contributed by atoms with E-state index in [2.05, 4.69) is 29.3 Å². The summed E-state index contributed by atoms with van der Waals surface area (Å²) in [5.74, 6) is -0.263. The van der Waals surface area contributed by atoms with E-state index < -0.39 is 11.7 Å². The van der Waals surface area contributed by atoms with E-state index in [0.717, 1.165) is 48.1 Å². The normalized spacial score (nSPS) is 16.5. The third kappa shape index (κ3) is 7.96. The van der Waals surface area contributed by atoms with Crippen LogP contribution in [-0.4, -0.2) is 67.7 Å². The molecule has 1 heterocycles. The van der Waals surface area contributed by atoms with Crippen LogP contribution in [0.25, 0.3) is 11.1 Å². The van der Waals surface area contributed by atoms with Gasteiger partial charge >= 0.3 is 6.09 Å². The number of piperidine rings is 1. The molecule has 0 spiro atoms. The highest BCUT2D eigenvalue weighted by Crippen LogP contribution is 2.45. The maximum atomic E-state index is 13.7. The molecule has 2 unspecified atom stereocenters. The average Bonchev–Trinajstić information content (AvgIpc) is 3.02. The van der Waals surface area contributed by atoms with E-state index in [1.807, 2.05) is 73.6 Å². The SMILES string of the molecule is CCc1cccc(-c2c(Cl)cccc2C(O)(CCCNC(=O)OC)C2CCCN(C(=O)c3ccc(CN(C)C)cc3)C2)c1. The summed E-state index contributed by atoms with van der Waals surface area (Å²) < 4.78 is 4.73. The molecule has 7 nitrogen and oxygen atoms in total. The maximum Gasteiger partial charge on any atom is 0.406 e. The molecule has 3 aromatic carbocycles. The van der Waals surface area contributed by atoms with Gasteiger partial charge in [0, 0.05) is 48.2 Å². The zero-order valence-corrected chi connectivity index (χ0v) is 26.5. The van der Waals surface area contributed by atoms with Crippen molar-refractivity contribution in [1.82, 2.24) is 15.1 Å². The van der Waals surface area contributed by atoms with Gasteiger partial charge in [-0.25, -0.2) is 4.79 Å². The summed E-state index contributed by atoms with van der Waals surface area (Å²) in [6, 6.07) is 21.7. The molecule has 3 aromatic rings. The topological polar surface area (TPSA) is 82.1 Å². The van der Waals surface area contributed by atoms with Crippen LogP contribution in [0.1, 0.15) is 59.7 Å². The largest absolute Gasteiger partial charge is 0.453 e. The van der Waals surface area contributed by atoms with Crippen molar-refractivity contribution in [2.75, 3.05) is 40.8 Å². The number of nitrogens with zero attached hydrogens (tertiary/aromatic N) is 2. The minimum Gasteiger partial charge on any atom is -0.453 e. The number of carbonyl (C=O) groups excluding carboxylic acids is 2. The smallest absolute Gasteiger partial charge is 0.406 e. The molecule has 1 aliphatic rings. The lowest BCUT2D eigenvalue weighted by molar-refractivity contribution is -0.0563. The summed E-state index contributed by atoms with van der Waals surface area (Å²) in [4.78, 5) is 29.4. The second-order valence-electron chi connectivity index (χ2n) is 11.7. The number of halogens is 1. The van der Waals surface area contributed by atoms with Crippen LogP contribution in [0.15, 0.2) is 66.7 Å². The number of ether oxygens (including phenoxy) is 1. The average molecular weight is 606 g/mol. The van der Waals surface area contributed by atoms with Crippen LogP contribution in [0.2, 0.25) is 5.02 Å². The summed E-state index contributed by atoms with van der Waals surface area (Å²) >= 11 is 6.88. The van der Waals surface area contributed by atoms with Gasteiger partial charge in [0.2, 0.25) is 0 Å². The lowest BCUT2D eigenvalue weighted by Crippen LogP contribution is -2.48. The lowest BCUT2D eigenvalue weighted by atomic mass is 9.72. The molecule has 2 amide bonds. The molecule has 1 aliphatic heterocycles. The highest BCUT2D eigenvalue weighted by atomic mass is 35.5. The second-order valence-corrected chi connectivity index (χ2v) is 12.1. The molecule has 0 aromatic heterocycles. The first-order valence-corrected chi connectivity index (χ1v) is 15.5. The molecule has 2 atom stereocenters. The minimum absolute atomic E-state index is 0.0298. The van der Waals surface area contributed by atoms with Crippen molar-refractivity contribution in [2.45, 2.75) is 51.2 Å². The molecule has 0 bridgehead atoms. The van der Waals surface area contributed by atoms with Gasteiger partial charge in [-0.3, -0.25) is 4.79 Å². The number of rotatable bonds is 11. The van der Waals surface area contributed by atoms with Crippen molar-refractivity contribution in [3.05, 3.63) is 94.0 Å². The van der Waals surface area contributed by atoms with E-state index in [1.165, 1.54) is 12.7 Å². The first-order valence-electron chi connectivity index (χ1n) is 15.1. The molecule has 230 valence electrons. The summed E-state index contributed by atoms with van der Waals surface area (Å²) in [7, 11) is 5.37. The molecular weight excluding hydrogens is 562 g/mol. The van der Waals surface area contributed by atoms with Crippen molar-refractivity contribution in [3.63, 3.8) is 0 Å². The number of hydrogen-bond donors (Lipinski definition) is 2. The fourth-order valence-corrected chi connectivity index (χ4v) is 6.44. The van der Waals surface area contributed by atoms with E-state index in [4.69, 9.17) is 16.3 Å². The Balaban J connectivity index is 1.67. The second kappa shape index (κ2) is 14.9. The highest BCUT2D eigenvalue weighted by Gasteiger charge is 2.43. The number of nitrogens with one attached hydrogen (secondary N) is 1. The Morgan fingerprint density at radius 3 is 2.53 bits per heavy atom. The third-order valence-corrected chi connectivity index (χ3v) is 8.69. The van der Waals surface area contributed by atoms with Gasteiger partial charge in [-0.15, -0.1) is 0 Å². The van der Waals surface area contributed by atoms with Crippen LogP contribution in [0.4, 0.5) is 4.79 Å². The number of benzene rings is 3. The van der Waals surface area contributed by atoms with Crippen molar-refractivity contribution in [1.29, 1.82) is 0 Å². The number of hydrogen-bond acceptors (Lipinski definition) is 5. The lowest BCUT2D eigenvalue weighted by Gasteiger charge is -2.44. The summed E-state index contributed by atoms with van der Waals surface area (Å²) in [6.45, 7) is 4.32. The zero-order valence-electron chi connectivity index (χ0n) is 25.7. The van der Waals surface area contributed by atoms with Crippen LogP contribution in [0.3, 0.4) is 0 Å². The summed E-state index contributed by atoms with van der Waals surface area (Å²) in [6.07, 6.45) is 2.81. The molecule has 43 heavy (non-hydrogen) atoms. The van der Waals surface area contributed by atoms with Crippen LogP contribution >= 0.6 is 11.6 Å². The Labute approximate surface area is 260 Å². The zero-order chi connectivity index (χ0) is 31.0. The van der Waals surface area contributed by atoms with Crippen LogP contribution in [0, 0.1) is 5.92 Å². The molecule has 1 fully saturated rings. The van der Waals surface area contributed by atoms with Crippen molar-refractivity contribution in [3.8, 4) is 11.1 Å². The number of carbonyl (C=O) groups is 2. The van der Waals surface area contributed by atoms with Gasteiger partial charge in [-0.2, -0.15) is 0 Å². The number of aliphatic hydroxyl groups is 1. The van der Waals surface area contributed by atoms with Gasteiger partial charge in [0.05, 0.1) is 12.7 Å². The monoisotopic (exact) mass is 605 g/mol. The Bertz CT molecular complexity index is 1390. The quantitative estimate of drug-likeness (QED) is 0.244. The molecule has 0 radical (unpaired) electrons. The van der Waals surface area contributed by atoms with Gasteiger partial charge in [0.25, 0.3) is 5.91 Å². The van der Waals surface area contributed by atoms with Crippen molar-refractivity contribution < 1.29 is 19.4 Å². The van der Waals surface area contributed by atoms with Gasteiger partial charge in [0.15, 0.2) is 0 Å². The number of alkyl carbamates (subject to hydrolysis) is 1. The first-order chi connectivity index (χ1) is 20.7. The minimum atomic E-state index is -1.30. The van der Waals surface area contributed by atoms with Crippen LogP contribution in [-0.2, 0) is 23.3 Å². The third-order valence-electron chi connectivity index (χ3n) is 8.38. The van der Waals surface area contributed by atoms with Gasteiger partial charge in [-0.1, -0.05) is 67.1 Å². The van der Waals surface area contributed by atoms with Gasteiger partial charge < -0.3 is 25.0 Å². The van der Waals surface area contributed by atoms with Gasteiger partial charge in [-0.05, 0) is 86.7 Å². The molecule has 8 heteroatoms.